The number of nitrogens with zero attached hydrogens (tertiary/aromatic N) is 3. The third kappa shape index (κ3) is 6.41. The average molecular weight is 476 g/mol. The highest BCUT2D eigenvalue weighted by Gasteiger charge is 2.25. The van der Waals surface area contributed by atoms with Crippen LogP contribution in [-0.4, -0.2) is 51.3 Å². The summed E-state index contributed by atoms with van der Waals surface area (Å²) in [5, 5.41) is 12.5. The van der Waals surface area contributed by atoms with Gasteiger partial charge < -0.3 is 4.98 Å². The topological polar surface area (TPSA) is 139 Å². The summed E-state index contributed by atoms with van der Waals surface area (Å²) in [5.74, 6) is -2.27. The van der Waals surface area contributed by atoms with Crippen LogP contribution in [0.1, 0.15) is 66.8 Å². The number of unbranched alkanes of at least 4 members (excludes halogenated alkanes) is 1. The van der Waals surface area contributed by atoms with Gasteiger partial charge in [0, 0.05) is 11.9 Å². The molecule has 0 aliphatic rings. The summed E-state index contributed by atoms with van der Waals surface area (Å²) in [7, 11) is -3.52. The van der Waals surface area contributed by atoms with E-state index >= 15 is 0 Å². The third-order valence-corrected chi connectivity index (χ3v) is 7.31. The Bertz CT molecular complexity index is 1170. The van der Waals surface area contributed by atoms with Gasteiger partial charge in [0.05, 0.1) is 17.1 Å². The molecular weight excluding hydrogens is 449 g/mol. The summed E-state index contributed by atoms with van der Waals surface area (Å²) < 4.78 is 38.3. The van der Waals surface area contributed by atoms with Crippen LogP contribution in [-0.2, 0) is 21.1 Å². The molecule has 0 saturated carbocycles. The number of aromatic nitrogens is 5. The Hall–Kier alpha value is -3.21. The fourth-order valence-corrected chi connectivity index (χ4v) is 5.09. The van der Waals surface area contributed by atoms with Crippen molar-refractivity contribution in [1.29, 1.82) is 0 Å². The lowest BCUT2D eigenvalue weighted by atomic mass is 9.88. The summed E-state index contributed by atoms with van der Waals surface area (Å²) in [6, 6.07) is 6.69. The molecule has 2 N–H and O–H groups in total. The molecule has 0 aliphatic heterocycles. The van der Waals surface area contributed by atoms with Gasteiger partial charge in [-0.05, 0) is 66.3 Å². The maximum Gasteiger partial charge on any atom is 0.269 e. The van der Waals surface area contributed by atoms with Crippen molar-refractivity contribution >= 4 is 21.4 Å². The molecule has 0 aliphatic carbocycles. The SMILES string of the molecule is CCCCC(CCCS(=O)(=O)c1ccc(F)cc1)c1cc[nH]c1CC(=O)C(=O)c1nn[nH]n1. The number of benzene rings is 1. The number of hydrogen-bond donors (Lipinski definition) is 2. The zero-order chi connectivity index (χ0) is 23.8. The molecule has 0 radical (unpaired) electrons. The van der Waals surface area contributed by atoms with Gasteiger partial charge in [-0.15, -0.1) is 10.2 Å². The summed E-state index contributed by atoms with van der Waals surface area (Å²) in [5.41, 5.74) is 1.52. The van der Waals surface area contributed by atoms with Crippen LogP contribution >= 0.6 is 0 Å². The van der Waals surface area contributed by atoms with Crippen LogP contribution in [0.2, 0.25) is 0 Å². The normalized spacial score (nSPS) is 12.5. The minimum Gasteiger partial charge on any atom is -0.364 e. The van der Waals surface area contributed by atoms with E-state index in [1.165, 1.54) is 12.1 Å². The second-order valence-electron chi connectivity index (χ2n) is 7.83. The molecule has 0 fully saturated rings. The first-order valence-corrected chi connectivity index (χ1v) is 12.4. The fourth-order valence-electron chi connectivity index (χ4n) is 3.76. The van der Waals surface area contributed by atoms with Crippen molar-refractivity contribution in [2.45, 2.75) is 56.3 Å². The van der Waals surface area contributed by atoms with E-state index in [2.05, 4.69) is 32.5 Å². The number of hydrogen-bond acceptors (Lipinski definition) is 7. The molecule has 2 heterocycles. The number of carbonyl (C=O) groups is 2. The van der Waals surface area contributed by atoms with Crippen molar-refractivity contribution in [1.82, 2.24) is 25.6 Å². The Morgan fingerprint density at radius 3 is 2.48 bits per heavy atom. The molecule has 33 heavy (non-hydrogen) atoms. The van der Waals surface area contributed by atoms with E-state index < -0.39 is 27.2 Å². The molecule has 3 rings (SSSR count). The monoisotopic (exact) mass is 475 g/mol. The first-order chi connectivity index (χ1) is 15.8. The average Bonchev–Trinajstić information content (AvgIpc) is 3.48. The predicted octanol–water partition coefficient (Wildman–Crippen LogP) is 3.19. The second-order valence-corrected chi connectivity index (χ2v) is 9.94. The maximum atomic E-state index is 13.1. The number of carbonyl (C=O) groups excluding carboxylic acids is 2. The van der Waals surface area contributed by atoms with Gasteiger partial charge in [-0.25, -0.2) is 12.8 Å². The Morgan fingerprint density at radius 2 is 1.82 bits per heavy atom. The van der Waals surface area contributed by atoms with Gasteiger partial charge in [0.2, 0.25) is 11.6 Å². The predicted molar refractivity (Wildman–Crippen MR) is 118 cm³/mol. The largest absolute Gasteiger partial charge is 0.364 e. The molecule has 2 aromatic heterocycles. The number of halogens is 1. The molecule has 1 unspecified atom stereocenters. The smallest absolute Gasteiger partial charge is 0.269 e. The molecule has 9 nitrogen and oxygen atoms in total. The molecule has 1 atom stereocenters. The number of tetrazole rings is 1. The Kier molecular flexibility index (Phi) is 8.21. The molecule has 0 saturated heterocycles. The van der Waals surface area contributed by atoms with Crippen LogP contribution in [0.25, 0.3) is 0 Å². The number of H-pyrrole nitrogens is 2. The van der Waals surface area contributed by atoms with E-state index in [0.29, 0.717) is 18.5 Å². The molecule has 11 heteroatoms. The number of rotatable bonds is 13. The zero-order valence-electron chi connectivity index (χ0n) is 18.3. The van der Waals surface area contributed by atoms with Gasteiger partial charge in [-0.1, -0.05) is 19.8 Å². The highest BCUT2D eigenvalue weighted by atomic mass is 32.2. The molecule has 0 bridgehead atoms. The lowest BCUT2D eigenvalue weighted by Crippen LogP contribution is -2.19. The van der Waals surface area contributed by atoms with Gasteiger partial charge >= 0.3 is 0 Å². The number of ketones is 2. The second kappa shape index (κ2) is 11.1. The van der Waals surface area contributed by atoms with Crippen molar-refractivity contribution in [3.05, 3.63) is 59.4 Å². The number of Topliss-reactive ketones (excluding diaryl/α,β-unsaturated/α-hetero) is 2. The quantitative estimate of drug-likeness (QED) is 0.220. The van der Waals surface area contributed by atoms with Crippen LogP contribution in [0, 0.1) is 5.82 Å². The Morgan fingerprint density at radius 1 is 1.09 bits per heavy atom. The van der Waals surface area contributed by atoms with Gasteiger partial charge in [0.1, 0.15) is 5.82 Å². The van der Waals surface area contributed by atoms with Gasteiger partial charge in [0.25, 0.3) is 5.78 Å². The highest BCUT2D eigenvalue weighted by molar-refractivity contribution is 7.91. The van der Waals surface area contributed by atoms with E-state index in [4.69, 9.17) is 0 Å². The minimum atomic E-state index is -3.52. The van der Waals surface area contributed by atoms with Gasteiger partial charge in [-0.3, -0.25) is 9.59 Å². The Balaban J connectivity index is 1.68. The lowest BCUT2D eigenvalue weighted by molar-refractivity contribution is -0.114. The van der Waals surface area contributed by atoms with Crippen LogP contribution in [0.15, 0.2) is 41.4 Å². The van der Waals surface area contributed by atoms with Crippen LogP contribution in [0.5, 0.6) is 0 Å². The van der Waals surface area contributed by atoms with Crippen LogP contribution in [0.3, 0.4) is 0 Å². The van der Waals surface area contributed by atoms with E-state index in [0.717, 1.165) is 37.0 Å². The molecule has 0 amide bonds. The van der Waals surface area contributed by atoms with Crippen molar-refractivity contribution in [3.8, 4) is 0 Å². The highest BCUT2D eigenvalue weighted by Crippen LogP contribution is 2.30. The van der Waals surface area contributed by atoms with Gasteiger partial charge in [-0.2, -0.15) is 5.21 Å². The third-order valence-electron chi connectivity index (χ3n) is 5.49. The maximum absolute atomic E-state index is 13.1. The van der Waals surface area contributed by atoms with Crippen molar-refractivity contribution in [2.75, 3.05) is 5.75 Å². The van der Waals surface area contributed by atoms with E-state index in [-0.39, 0.29) is 28.8 Å². The summed E-state index contributed by atoms with van der Waals surface area (Å²) in [6.07, 6.45) is 5.32. The summed E-state index contributed by atoms with van der Waals surface area (Å²) in [4.78, 5) is 27.8. The minimum absolute atomic E-state index is 0.0303. The molecule has 3 aromatic rings. The number of nitrogens with one attached hydrogen (secondary N) is 2. The van der Waals surface area contributed by atoms with Gasteiger partial charge in [0.15, 0.2) is 9.84 Å². The molecule has 176 valence electrons. The molecule has 1 aromatic carbocycles. The Labute approximate surface area is 191 Å². The van der Waals surface area contributed by atoms with E-state index in [1.54, 1.807) is 6.20 Å². The molecule has 0 spiro atoms. The first kappa shape index (κ1) is 24.4. The van der Waals surface area contributed by atoms with Crippen molar-refractivity contribution < 1.29 is 22.4 Å². The number of sulfone groups is 1. The summed E-state index contributed by atoms with van der Waals surface area (Å²) in [6.45, 7) is 2.07. The zero-order valence-corrected chi connectivity index (χ0v) is 19.1. The number of aromatic amines is 2. The molecular formula is C22H26FN5O4S. The lowest BCUT2D eigenvalue weighted by Gasteiger charge is -2.18. The van der Waals surface area contributed by atoms with E-state index in [1.807, 2.05) is 6.07 Å². The van der Waals surface area contributed by atoms with Crippen molar-refractivity contribution in [2.24, 2.45) is 0 Å². The van der Waals surface area contributed by atoms with Crippen LogP contribution in [0.4, 0.5) is 4.39 Å². The van der Waals surface area contributed by atoms with E-state index in [9.17, 15) is 22.4 Å². The van der Waals surface area contributed by atoms with Crippen molar-refractivity contribution in [3.63, 3.8) is 0 Å². The summed E-state index contributed by atoms with van der Waals surface area (Å²) >= 11 is 0. The standard InChI is InChI=1S/C22H26FN5O4S/c1-2-3-5-15(6-4-13-33(31,32)17-9-7-16(23)8-10-17)18-11-12-24-19(18)14-20(29)21(30)22-25-27-28-26-22/h7-12,15,24H,2-6,13-14H2,1H3,(H,25,26,27,28). The van der Waals surface area contributed by atoms with Crippen LogP contribution < -0.4 is 0 Å². The first-order valence-electron chi connectivity index (χ1n) is 10.8. The fraction of sp³-hybridized carbons (Fsp3) is 0.409.